The molecule has 1 aromatic carbocycles. The number of rotatable bonds is 2. The lowest BCUT2D eigenvalue weighted by molar-refractivity contribution is 0.453. The molecule has 0 heterocycles. The third-order valence-electron chi connectivity index (χ3n) is 2.19. The van der Waals surface area contributed by atoms with Crippen LogP contribution < -0.4 is 5.32 Å². The van der Waals surface area contributed by atoms with Gasteiger partial charge in [0.1, 0.15) is 5.75 Å². The van der Waals surface area contributed by atoms with E-state index in [9.17, 15) is 5.11 Å². The van der Waals surface area contributed by atoms with Crippen LogP contribution in [0.4, 0.5) is 0 Å². The van der Waals surface area contributed by atoms with Crippen LogP contribution in [0.2, 0.25) is 0 Å². The molecule has 0 aliphatic heterocycles. The molecule has 1 aromatic rings. The first kappa shape index (κ1) is 10.8. The van der Waals surface area contributed by atoms with Crippen molar-refractivity contribution in [1.82, 2.24) is 5.32 Å². The van der Waals surface area contributed by atoms with Crippen LogP contribution in [0, 0.1) is 10.5 Å². The second-order valence-corrected chi connectivity index (χ2v) is 4.42. The molecule has 3 heteroatoms. The van der Waals surface area contributed by atoms with E-state index in [1.807, 2.05) is 33.0 Å². The molecule has 0 aliphatic carbocycles. The number of halogens is 1. The zero-order valence-corrected chi connectivity index (χ0v) is 10.2. The van der Waals surface area contributed by atoms with Crippen molar-refractivity contribution in [2.75, 3.05) is 7.05 Å². The van der Waals surface area contributed by atoms with Gasteiger partial charge in [0.05, 0.1) is 0 Å². The van der Waals surface area contributed by atoms with Crippen LogP contribution in [0.1, 0.15) is 24.1 Å². The van der Waals surface area contributed by atoms with Gasteiger partial charge in [-0.15, -0.1) is 0 Å². The highest BCUT2D eigenvalue weighted by Gasteiger charge is 2.10. The van der Waals surface area contributed by atoms with Crippen LogP contribution in [0.15, 0.2) is 12.1 Å². The fraction of sp³-hybridized carbons (Fsp3) is 0.400. The van der Waals surface area contributed by atoms with Crippen LogP contribution in [-0.4, -0.2) is 12.2 Å². The summed E-state index contributed by atoms with van der Waals surface area (Å²) < 4.78 is 1.16. The van der Waals surface area contributed by atoms with Gasteiger partial charge >= 0.3 is 0 Å². The summed E-state index contributed by atoms with van der Waals surface area (Å²) in [6.45, 7) is 3.95. The van der Waals surface area contributed by atoms with Crippen LogP contribution in [0.3, 0.4) is 0 Å². The molecule has 0 spiro atoms. The number of phenols is 1. The highest BCUT2D eigenvalue weighted by atomic mass is 127. The Bertz CT molecular complexity index is 312. The average molecular weight is 291 g/mol. The minimum Gasteiger partial charge on any atom is -0.507 e. The Labute approximate surface area is 92.5 Å². The molecule has 2 N–H and O–H groups in total. The van der Waals surface area contributed by atoms with Gasteiger partial charge in [-0.25, -0.2) is 0 Å². The summed E-state index contributed by atoms with van der Waals surface area (Å²) in [5.41, 5.74) is 1.90. The summed E-state index contributed by atoms with van der Waals surface area (Å²) in [6, 6.07) is 4.17. The topological polar surface area (TPSA) is 32.3 Å². The molecular weight excluding hydrogens is 277 g/mol. The van der Waals surface area contributed by atoms with E-state index >= 15 is 0 Å². The molecule has 0 bridgehead atoms. The number of nitrogens with one attached hydrogen (secondary N) is 1. The number of hydrogen-bond acceptors (Lipinski definition) is 2. The molecule has 2 nitrogen and oxygen atoms in total. The van der Waals surface area contributed by atoms with Gasteiger partial charge in [0, 0.05) is 15.2 Å². The highest BCUT2D eigenvalue weighted by molar-refractivity contribution is 14.1. The Balaban J connectivity index is 3.20. The third-order valence-corrected chi connectivity index (χ3v) is 2.82. The molecule has 13 heavy (non-hydrogen) atoms. The van der Waals surface area contributed by atoms with Gasteiger partial charge in [-0.1, -0.05) is 0 Å². The van der Waals surface area contributed by atoms with E-state index in [1.165, 1.54) is 0 Å². The van der Waals surface area contributed by atoms with E-state index in [0.29, 0.717) is 5.75 Å². The summed E-state index contributed by atoms with van der Waals surface area (Å²) in [4.78, 5) is 0. The van der Waals surface area contributed by atoms with Crippen molar-refractivity contribution < 1.29 is 5.11 Å². The SMILES string of the molecule is CN[C@@H](C)c1cc(I)cc(C)c1O. The number of hydrogen-bond donors (Lipinski definition) is 2. The maximum Gasteiger partial charge on any atom is 0.123 e. The summed E-state index contributed by atoms with van der Waals surface area (Å²) in [7, 11) is 1.89. The zero-order chi connectivity index (χ0) is 10.0. The number of benzene rings is 1. The van der Waals surface area contributed by atoms with Gasteiger partial charge < -0.3 is 10.4 Å². The molecule has 0 amide bonds. The molecule has 1 rings (SSSR count). The molecule has 0 fully saturated rings. The molecule has 0 aromatic heterocycles. The van der Waals surface area contributed by atoms with Crippen molar-refractivity contribution in [3.63, 3.8) is 0 Å². The van der Waals surface area contributed by atoms with Gasteiger partial charge in [-0.05, 0) is 61.2 Å². The smallest absolute Gasteiger partial charge is 0.123 e. The van der Waals surface area contributed by atoms with E-state index in [4.69, 9.17) is 0 Å². The Morgan fingerprint density at radius 3 is 2.62 bits per heavy atom. The maximum absolute atomic E-state index is 9.78. The van der Waals surface area contributed by atoms with Gasteiger partial charge in [0.2, 0.25) is 0 Å². The molecule has 0 unspecified atom stereocenters. The van der Waals surface area contributed by atoms with Crippen molar-refractivity contribution in [1.29, 1.82) is 0 Å². The molecular formula is C10H14INO. The fourth-order valence-corrected chi connectivity index (χ4v) is 2.05. The van der Waals surface area contributed by atoms with Gasteiger partial charge in [0.15, 0.2) is 0 Å². The average Bonchev–Trinajstić information content (AvgIpc) is 2.10. The second-order valence-electron chi connectivity index (χ2n) is 3.17. The zero-order valence-electron chi connectivity index (χ0n) is 8.06. The van der Waals surface area contributed by atoms with Crippen molar-refractivity contribution in [2.45, 2.75) is 19.9 Å². The van der Waals surface area contributed by atoms with Crippen molar-refractivity contribution in [3.8, 4) is 5.75 Å². The number of aryl methyl sites for hydroxylation is 1. The number of aromatic hydroxyl groups is 1. The minimum absolute atomic E-state index is 0.188. The Hall–Kier alpha value is -0.290. The number of phenolic OH excluding ortho intramolecular Hbond substituents is 1. The summed E-state index contributed by atoms with van der Waals surface area (Å²) in [5.74, 6) is 0.405. The van der Waals surface area contributed by atoms with E-state index in [-0.39, 0.29) is 6.04 Å². The van der Waals surface area contributed by atoms with E-state index < -0.39 is 0 Å². The van der Waals surface area contributed by atoms with Crippen LogP contribution in [0.25, 0.3) is 0 Å². The van der Waals surface area contributed by atoms with Crippen molar-refractivity contribution in [3.05, 3.63) is 26.8 Å². The lowest BCUT2D eigenvalue weighted by Gasteiger charge is -2.14. The monoisotopic (exact) mass is 291 g/mol. The summed E-state index contributed by atoms with van der Waals surface area (Å²) in [6.07, 6.45) is 0. The first-order valence-corrected chi connectivity index (χ1v) is 5.30. The van der Waals surface area contributed by atoms with Crippen LogP contribution in [0.5, 0.6) is 5.75 Å². The first-order valence-electron chi connectivity index (χ1n) is 4.22. The second kappa shape index (κ2) is 4.28. The largest absolute Gasteiger partial charge is 0.507 e. The summed E-state index contributed by atoms with van der Waals surface area (Å²) in [5, 5.41) is 12.9. The molecule has 0 saturated carbocycles. The first-order chi connectivity index (χ1) is 6.06. The lowest BCUT2D eigenvalue weighted by Crippen LogP contribution is -2.12. The fourth-order valence-electron chi connectivity index (χ4n) is 1.25. The highest BCUT2D eigenvalue weighted by Crippen LogP contribution is 2.29. The van der Waals surface area contributed by atoms with E-state index in [0.717, 1.165) is 14.7 Å². The van der Waals surface area contributed by atoms with E-state index in [1.54, 1.807) is 0 Å². The molecule has 0 aliphatic rings. The van der Waals surface area contributed by atoms with Gasteiger partial charge in [-0.3, -0.25) is 0 Å². The maximum atomic E-state index is 9.78. The lowest BCUT2D eigenvalue weighted by atomic mass is 10.0. The predicted molar refractivity (Wildman–Crippen MR) is 63.0 cm³/mol. The van der Waals surface area contributed by atoms with Crippen LogP contribution in [-0.2, 0) is 0 Å². The Morgan fingerprint density at radius 2 is 2.08 bits per heavy atom. The van der Waals surface area contributed by atoms with E-state index in [2.05, 4.69) is 27.9 Å². The van der Waals surface area contributed by atoms with Gasteiger partial charge in [0.25, 0.3) is 0 Å². The molecule has 0 saturated heterocycles. The molecule has 72 valence electrons. The molecule has 1 atom stereocenters. The van der Waals surface area contributed by atoms with Crippen molar-refractivity contribution >= 4 is 22.6 Å². The van der Waals surface area contributed by atoms with Gasteiger partial charge in [-0.2, -0.15) is 0 Å². The summed E-state index contributed by atoms with van der Waals surface area (Å²) >= 11 is 2.26. The van der Waals surface area contributed by atoms with Crippen LogP contribution >= 0.6 is 22.6 Å². The predicted octanol–water partition coefficient (Wildman–Crippen LogP) is 2.59. The standard InChI is InChI=1S/C10H14INO/c1-6-4-8(11)5-9(10(6)13)7(2)12-3/h4-5,7,12-13H,1-3H3/t7-/m0/s1. The third kappa shape index (κ3) is 2.34. The minimum atomic E-state index is 0.188. The normalized spacial score (nSPS) is 12.9. The van der Waals surface area contributed by atoms with Crippen molar-refractivity contribution in [2.24, 2.45) is 0 Å². The Kier molecular flexibility index (Phi) is 3.55. The molecule has 0 radical (unpaired) electrons. The quantitative estimate of drug-likeness (QED) is 0.821. The Morgan fingerprint density at radius 1 is 1.46 bits per heavy atom.